The number of thiophene rings is 4. The highest BCUT2D eigenvalue weighted by Crippen LogP contribution is 2.40. The van der Waals surface area contributed by atoms with Crippen molar-refractivity contribution in [2.75, 3.05) is 0 Å². The van der Waals surface area contributed by atoms with Crippen LogP contribution >= 0.6 is 45.3 Å². The average molecular weight is 533 g/mol. The summed E-state index contributed by atoms with van der Waals surface area (Å²) in [5.74, 6) is 0. The summed E-state index contributed by atoms with van der Waals surface area (Å²) in [7, 11) is 0. The monoisotopic (exact) mass is 532 g/mol. The van der Waals surface area contributed by atoms with Crippen LogP contribution in [-0.2, 0) is 0 Å². The molecule has 0 aliphatic rings. The smallest absolute Gasteiger partial charge is 0.0455 e. The van der Waals surface area contributed by atoms with Crippen LogP contribution in [-0.4, -0.2) is 0 Å². The molecule has 0 spiro atoms. The predicted molar refractivity (Wildman–Crippen MR) is 165 cm³/mol. The topological polar surface area (TPSA) is 0 Å². The van der Waals surface area contributed by atoms with Gasteiger partial charge in [-0.1, -0.05) is 72.8 Å². The fourth-order valence-electron chi connectivity index (χ4n) is 4.41. The summed E-state index contributed by atoms with van der Waals surface area (Å²) in [6.07, 6.45) is 0. The SMILES string of the molecule is c1ccc2sc(-c3cc4ccccc4s3)cc2c1.c1ccc2sc(-c3cc4ccccc4s3)cc2c1. The number of hydrogen-bond acceptors (Lipinski definition) is 4. The molecule has 0 amide bonds. The Labute approximate surface area is 225 Å². The summed E-state index contributed by atoms with van der Waals surface area (Å²) < 4.78 is 5.46. The van der Waals surface area contributed by atoms with Crippen LogP contribution in [0.4, 0.5) is 0 Å². The number of rotatable bonds is 2. The van der Waals surface area contributed by atoms with Gasteiger partial charge in [0.2, 0.25) is 0 Å². The number of benzene rings is 4. The van der Waals surface area contributed by atoms with Crippen LogP contribution < -0.4 is 0 Å². The first-order valence-electron chi connectivity index (χ1n) is 11.8. The summed E-state index contributed by atoms with van der Waals surface area (Å²) in [4.78, 5) is 5.49. The zero-order chi connectivity index (χ0) is 23.9. The van der Waals surface area contributed by atoms with Crippen molar-refractivity contribution in [2.45, 2.75) is 0 Å². The van der Waals surface area contributed by atoms with Gasteiger partial charge in [0.25, 0.3) is 0 Å². The Bertz CT molecular complexity index is 1540. The molecule has 4 heterocycles. The van der Waals surface area contributed by atoms with Crippen molar-refractivity contribution in [2.24, 2.45) is 0 Å². The third kappa shape index (κ3) is 4.16. The summed E-state index contributed by atoms with van der Waals surface area (Å²) in [5, 5.41) is 5.37. The molecule has 0 nitrogen and oxygen atoms in total. The maximum absolute atomic E-state index is 2.30. The zero-order valence-electron chi connectivity index (χ0n) is 19.2. The lowest BCUT2D eigenvalue weighted by molar-refractivity contribution is 1.85. The van der Waals surface area contributed by atoms with Gasteiger partial charge in [0.15, 0.2) is 0 Å². The highest BCUT2D eigenvalue weighted by molar-refractivity contribution is 7.29. The Morgan fingerprint density at radius 2 is 0.500 bits per heavy atom. The van der Waals surface area contributed by atoms with Gasteiger partial charge in [-0.05, 0) is 70.1 Å². The van der Waals surface area contributed by atoms with Crippen LogP contribution in [0.2, 0.25) is 0 Å². The molecule has 0 unspecified atom stereocenters. The predicted octanol–water partition coefficient (Wildman–Crippen LogP) is 11.6. The molecule has 8 aromatic rings. The molecule has 8 rings (SSSR count). The molecule has 36 heavy (non-hydrogen) atoms. The van der Waals surface area contributed by atoms with E-state index in [1.807, 2.05) is 45.3 Å². The minimum atomic E-state index is 1.34. The van der Waals surface area contributed by atoms with Gasteiger partial charge in [-0.2, -0.15) is 0 Å². The maximum Gasteiger partial charge on any atom is 0.0455 e. The Balaban J connectivity index is 0.000000122. The molecule has 0 aliphatic heterocycles. The quantitative estimate of drug-likeness (QED) is 0.208. The van der Waals surface area contributed by atoms with Crippen LogP contribution in [0.25, 0.3) is 59.9 Å². The van der Waals surface area contributed by atoms with Gasteiger partial charge >= 0.3 is 0 Å². The normalized spacial score (nSPS) is 11.3. The third-order valence-corrected chi connectivity index (χ3v) is 11.0. The van der Waals surface area contributed by atoms with Crippen molar-refractivity contribution in [3.05, 3.63) is 121 Å². The first-order chi connectivity index (χ1) is 17.8. The summed E-state index contributed by atoms with van der Waals surface area (Å²) in [6.45, 7) is 0. The second-order valence-corrected chi connectivity index (χ2v) is 12.9. The molecule has 0 radical (unpaired) electrons. The lowest BCUT2D eigenvalue weighted by Crippen LogP contribution is -1.59. The molecule has 4 aromatic carbocycles. The highest BCUT2D eigenvalue weighted by Gasteiger charge is 2.08. The van der Waals surface area contributed by atoms with Gasteiger partial charge in [0.1, 0.15) is 0 Å². The van der Waals surface area contributed by atoms with Crippen molar-refractivity contribution >= 4 is 85.7 Å². The van der Waals surface area contributed by atoms with Crippen molar-refractivity contribution in [3.63, 3.8) is 0 Å². The van der Waals surface area contributed by atoms with E-state index in [4.69, 9.17) is 0 Å². The van der Waals surface area contributed by atoms with Crippen LogP contribution in [0, 0.1) is 0 Å². The Morgan fingerprint density at radius 3 is 0.722 bits per heavy atom. The second kappa shape index (κ2) is 9.30. The molecule has 0 saturated heterocycles. The largest absolute Gasteiger partial charge is 0.134 e. The van der Waals surface area contributed by atoms with Gasteiger partial charge in [0.05, 0.1) is 0 Å². The van der Waals surface area contributed by atoms with Gasteiger partial charge < -0.3 is 0 Å². The van der Waals surface area contributed by atoms with Crippen molar-refractivity contribution in [1.29, 1.82) is 0 Å². The first-order valence-corrected chi connectivity index (χ1v) is 15.0. The van der Waals surface area contributed by atoms with E-state index >= 15 is 0 Å². The average Bonchev–Trinajstić information content (AvgIpc) is 3.70. The third-order valence-electron chi connectivity index (χ3n) is 6.19. The standard InChI is InChI=1S/2C16H10S2/c2*1-3-7-13-11(5-1)9-15(17-13)16-10-12-6-2-4-8-14(12)18-16/h2*1-10H. The minimum Gasteiger partial charge on any atom is -0.134 e. The Kier molecular flexibility index (Phi) is 5.68. The summed E-state index contributed by atoms with van der Waals surface area (Å²) in [6, 6.07) is 43.5. The van der Waals surface area contributed by atoms with E-state index in [0.717, 1.165) is 0 Å². The molecule has 0 N–H and O–H groups in total. The van der Waals surface area contributed by atoms with Gasteiger partial charge in [-0.3, -0.25) is 0 Å². The first kappa shape index (κ1) is 22.0. The van der Waals surface area contributed by atoms with Gasteiger partial charge in [-0.15, -0.1) is 45.3 Å². The number of hydrogen-bond donors (Lipinski definition) is 0. The molecule has 0 atom stereocenters. The van der Waals surface area contributed by atoms with Crippen LogP contribution in [0.3, 0.4) is 0 Å². The van der Waals surface area contributed by atoms with E-state index in [1.54, 1.807) is 0 Å². The summed E-state index contributed by atoms with van der Waals surface area (Å²) >= 11 is 7.50. The van der Waals surface area contributed by atoms with E-state index < -0.39 is 0 Å². The zero-order valence-corrected chi connectivity index (χ0v) is 22.4. The minimum absolute atomic E-state index is 1.34. The Morgan fingerprint density at radius 1 is 0.278 bits per heavy atom. The molecule has 4 heteroatoms. The van der Waals surface area contributed by atoms with E-state index in [0.29, 0.717) is 0 Å². The van der Waals surface area contributed by atoms with Gasteiger partial charge in [-0.25, -0.2) is 0 Å². The molecule has 4 aromatic heterocycles. The van der Waals surface area contributed by atoms with Gasteiger partial charge in [0, 0.05) is 38.3 Å². The van der Waals surface area contributed by atoms with Crippen LogP contribution in [0.1, 0.15) is 0 Å². The molecular weight excluding hydrogens is 513 g/mol. The summed E-state index contributed by atoms with van der Waals surface area (Å²) in [5.41, 5.74) is 0. The molecule has 0 saturated carbocycles. The Hall–Kier alpha value is -3.28. The van der Waals surface area contributed by atoms with Crippen molar-refractivity contribution < 1.29 is 0 Å². The molecule has 0 bridgehead atoms. The van der Waals surface area contributed by atoms with Crippen molar-refractivity contribution in [1.82, 2.24) is 0 Å². The molecule has 172 valence electrons. The van der Waals surface area contributed by atoms with Crippen molar-refractivity contribution in [3.8, 4) is 19.5 Å². The maximum atomic E-state index is 2.30. The molecule has 0 aliphatic carbocycles. The van der Waals surface area contributed by atoms with E-state index in [1.165, 1.54) is 59.9 Å². The second-order valence-electron chi connectivity index (χ2n) is 8.59. The number of fused-ring (bicyclic) bond motifs is 4. The van der Waals surface area contributed by atoms with E-state index in [9.17, 15) is 0 Å². The van der Waals surface area contributed by atoms with E-state index in [2.05, 4.69) is 121 Å². The lowest BCUT2D eigenvalue weighted by atomic mass is 10.2. The fourth-order valence-corrected chi connectivity index (χ4v) is 8.81. The van der Waals surface area contributed by atoms with Crippen LogP contribution in [0.5, 0.6) is 0 Å². The molecule has 0 fully saturated rings. The van der Waals surface area contributed by atoms with Crippen LogP contribution in [0.15, 0.2) is 121 Å². The highest BCUT2D eigenvalue weighted by atomic mass is 32.1. The fraction of sp³-hybridized carbons (Fsp3) is 0. The lowest BCUT2D eigenvalue weighted by Gasteiger charge is -1.86. The van der Waals surface area contributed by atoms with E-state index in [-0.39, 0.29) is 0 Å². The molecular formula is C32H20S4.